The van der Waals surface area contributed by atoms with Crippen LogP contribution < -0.4 is 5.73 Å². The Bertz CT molecular complexity index is 515. The number of hydrogen-bond donors (Lipinski definition) is 1. The third-order valence-electron chi connectivity index (χ3n) is 2.98. The lowest BCUT2D eigenvalue weighted by Gasteiger charge is -2.22. The van der Waals surface area contributed by atoms with Crippen LogP contribution in [0.3, 0.4) is 0 Å². The molecule has 0 aromatic carbocycles. The Morgan fingerprint density at radius 3 is 2.80 bits per heavy atom. The molecule has 3 rings (SSSR count). The highest BCUT2D eigenvalue weighted by molar-refractivity contribution is 9.10. The molecule has 0 unspecified atom stereocenters. The van der Waals surface area contributed by atoms with Crippen LogP contribution in [0, 0.1) is 0 Å². The maximum Gasteiger partial charge on any atom is 0.180 e. The topological polar surface area (TPSA) is 56.2 Å². The van der Waals surface area contributed by atoms with Crippen LogP contribution in [0.1, 0.15) is 30.9 Å². The number of nitrogens with zero attached hydrogens (tertiary/aromatic N) is 3. The Morgan fingerprint density at radius 1 is 1.33 bits per heavy atom. The zero-order chi connectivity index (χ0) is 10.4. The molecule has 15 heavy (non-hydrogen) atoms. The normalized spacial score (nSPS) is 16.9. The molecule has 1 fully saturated rings. The maximum atomic E-state index is 5.81. The van der Waals surface area contributed by atoms with E-state index in [1.165, 1.54) is 19.3 Å². The minimum Gasteiger partial charge on any atom is -0.381 e. The van der Waals surface area contributed by atoms with Crippen LogP contribution in [0.2, 0.25) is 0 Å². The third kappa shape index (κ3) is 1.42. The van der Waals surface area contributed by atoms with E-state index >= 15 is 0 Å². The van der Waals surface area contributed by atoms with E-state index in [0.29, 0.717) is 11.7 Å². The summed E-state index contributed by atoms with van der Waals surface area (Å²) in [5.74, 6) is 1.11. The van der Waals surface area contributed by atoms with Crippen molar-refractivity contribution in [2.75, 3.05) is 5.73 Å². The molecule has 0 bridgehead atoms. The van der Waals surface area contributed by atoms with Crippen LogP contribution in [-0.2, 0) is 0 Å². The fraction of sp³-hybridized carbons (Fsp3) is 0.400. The molecule has 0 aliphatic heterocycles. The summed E-state index contributed by atoms with van der Waals surface area (Å²) in [6, 6.07) is 0. The van der Waals surface area contributed by atoms with Gasteiger partial charge in [0.25, 0.3) is 0 Å². The minimum absolute atomic E-state index is 0.481. The molecule has 1 aliphatic rings. The Kier molecular flexibility index (Phi) is 1.95. The lowest BCUT2D eigenvalue weighted by atomic mass is 9.83. The number of imidazole rings is 1. The molecule has 5 heteroatoms. The third-order valence-corrected chi connectivity index (χ3v) is 3.36. The fourth-order valence-corrected chi connectivity index (χ4v) is 2.32. The molecule has 0 saturated heterocycles. The van der Waals surface area contributed by atoms with E-state index in [-0.39, 0.29) is 0 Å². The smallest absolute Gasteiger partial charge is 0.180 e. The van der Waals surface area contributed by atoms with Crippen molar-refractivity contribution < 1.29 is 0 Å². The number of halogens is 1. The summed E-state index contributed by atoms with van der Waals surface area (Å²) >= 11 is 3.32. The van der Waals surface area contributed by atoms with Gasteiger partial charge in [-0.2, -0.15) is 0 Å². The Labute approximate surface area is 95.7 Å². The molecule has 4 nitrogen and oxygen atoms in total. The highest BCUT2D eigenvalue weighted by atomic mass is 79.9. The Balaban J connectivity index is 2.16. The molecule has 1 aliphatic carbocycles. The van der Waals surface area contributed by atoms with Crippen molar-refractivity contribution in [3.63, 3.8) is 0 Å². The van der Waals surface area contributed by atoms with Crippen molar-refractivity contribution in [3.8, 4) is 0 Å². The SMILES string of the molecule is Nc1nc(Br)cn2cc(C3CCC3)nc12. The predicted octanol–water partition coefficient (Wildman–Crippen LogP) is 2.34. The number of nitrogen functional groups attached to an aromatic ring is 1. The number of hydrogen-bond acceptors (Lipinski definition) is 3. The first-order valence-corrected chi connectivity index (χ1v) is 5.84. The number of rotatable bonds is 1. The van der Waals surface area contributed by atoms with Gasteiger partial charge in [-0.25, -0.2) is 9.97 Å². The maximum absolute atomic E-state index is 5.81. The van der Waals surface area contributed by atoms with Crippen molar-refractivity contribution in [1.29, 1.82) is 0 Å². The summed E-state index contributed by atoms with van der Waals surface area (Å²) in [5.41, 5.74) is 7.72. The van der Waals surface area contributed by atoms with Gasteiger partial charge in [0.1, 0.15) is 4.60 Å². The van der Waals surface area contributed by atoms with Gasteiger partial charge in [0.15, 0.2) is 11.5 Å². The van der Waals surface area contributed by atoms with Gasteiger partial charge in [-0.05, 0) is 28.8 Å². The van der Waals surface area contributed by atoms with Gasteiger partial charge in [-0.1, -0.05) is 6.42 Å². The summed E-state index contributed by atoms with van der Waals surface area (Å²) in [6.07, 6.45) is 7.76. The molecule has 78 valence electrons. The molecular formula is C10H11BrN4. The van der Waals surface area contributed by atoms with Crippen LogP contribution in [-0.4, -0.2) is 14.4 Å². The first-order valence-electron chi connectivity index (χ1n) is 5.04. The van der Waals surface area contributed by atoms with Crippen molar-refractivity contribution in [3.05, 3.63) is 22.7 Å². The monoisotopic (exact) mass is 266 g/mol. The molecule has 0 atom stereocenters. The molecule has 1 saturated carbocycles. The molecule has 2 aromatic rings. The van der Waals surface area contributed by atoms with E-state index in [2.05, 4.69) is 32.1 Å². The van der Waals surface area contributed by atoms with Gasteiger partial charge in [-0.15, -0.1) is 0 Å². The average molecular weight is 267 g/mol. The lowest BCUT2D eigenvalue weighted by molar-refractivity contribution is 0.412. The second kappa shape index (κ2) is 3.20. The number of nitrogens with two attached hydrogens (primary N) is 1. The highest BCUT2D eigenvalue weighted by Crippen LogP contribution is 2.36. The highest BCUT2D eigenvalue weighted by Gasteiger charge is 2.22. The van der Waals surface area contributed by atoms with Gasteiger partial charge in [-0.3, -0.25) is 0 Å². The Hall–Kier alpha value is -1.10. The van der Waals surface area contributed by atoms with E-state index in [1.807, 2.05) is 10.6 Å². The minimum atomic E-state index is 0.481. The van der Waals surface area contributed by atoms with Gasteiger partial charge in [0, 0.05) is 18.3 Å². The van der Waals surface area contributed by atoms with Crippen LogP contribution >= 0.6 is 15.9 Å². The standard InChI is InChI=1S/C10H11BrN4/c11-8-5-15-4-7(6-2-1-3-6)13-10(15)9(12)14-8/h4-6H,1-3H2,(H2,12,14). The molecule has 0 radical (unpaired) electrons. The van der Waals surface area contributed by atoms with Gasteiger partial charge < -0.3 is 10.1 Å². The number of fused-ring (bicyclic) bond motifs is 1. The van der Waals surface area contributed by atoms with E-state index < -0.39 is 0 Å². The first kappa shape index (κ1) is 9.15. The first-order chi connectivity index (χ1) is 7.24. The molecule has 2 N–H and O–H groups in total. The van der Waals surface area contributed by atoms with Crippen LogP contribution in [0.25, 0.3) is 5.65 Å². The molecule has 0 spiro atoms. The zero-order valence-corrected chi connectivity index (χ0v) is 9.74. The predicted molar refractivity (Wildman–Crippen MR) is 61.7 cm³/mol. The second-order valence-corrected chi connectivity index (χ2v) is 4.79. The second-order valence-electron chi connectivity index (χ2n) is 3.97. The number of anilines is 1. The van der Waals surface area contributed by atoms with Gasteiger partial charge in [0.2, 0.25) is 0 Å². The Morgan fingerprint density at radius 2 is 2.13 bits per heavy atom. The van der Waals surface area contributed by atoms with E-state index in [9.17, 15) is 0 Å². The average Bonchev–Trinajstić information content (AvgIpc) is 2.44. The van der Waals surface area contributed by atoms with E-state index in [4.69, 9.17) is 5.73 Å². The van der Waals surface area contributed by atoms with Crippen LogP contribution in [0.4, 0.5) is 5.82 Å². The van der Waals surface area contributed by atoms with Crippen LogP contribution in [0.15, 0.2) is 17.0 Å². The van der Waals surface area contributed by atoms with Crippen LogP contribution in [0.5, 0.6) is 0 Å². The summed E-state index contributed by atoms with van der Waals surface area (Å²) < 4.78 is 2.69. The summed E-state index contributed by atoms with van der Waals surface area (Å²) in [6.45, 7) is 0. The zero-order valence-electron chi connectivity index (χ0n) is 8.15. The molecule has 2 heterocycles. The van der Waals surface area contributed by atoms with Gasteiger partial charge >= 0.3 is 0 Å². The number of aromatic nitrogens is 3. The molecule has 2 aromatic heterocycles. The van der Waals surface area contributed by atoms with E-state index in [1.54, 1.807) is 0 Å². The quantitative estimate of drug-likeness (QED) is 0.862. The summed E-state index contributed by atoms with van der Waals surface area (Å²) in [7, 11) is 0. The summed E-state index contributed by atoms with van der Waals surface area (Å²) in [5, 5.41) is 0. The summed E-state index contributed by atoms with van der Waals surface area (Å²) in [4.78, 5) is 8.66. The molecular weight excluding hydrogens is 256 g/mol. The van der Waals surface area contributed by atoms with E-state index in [0.717, 1.165) is 15.9 Å². The van der Waals surface area contributed by atoms with Crippen molar-refractivity contribution in [1.82, 2.24) is 14.4 Å². The van der Waals surface area contributed by atoms with Crippen molar-refractivity contribution >= 4 is 27.4 Å². The van der Waals surface area contributed by atoms with Gasteiger partial charge in [0.05, 0.1) is 5.69 Å². The lowest BCUT2D eigenvalue weighted by Crippen LogP contribution is -2.08. The van der Waals surface area contributed by atoms with Crippen molar-refractivity contribution in [2.45, 2.75) is 25.2 Å². The van der Waals surface area contributed by atoms with Crippen molar-refractivity contribution in [2.24, 2.45) is 0 Å². The largest absolute Gasteiger partial charge is 0.381 e. The fourth-order valence-electron chi connectivity index (χ4n) is 1.91. The molecule has 0 amide bonds.